The predicted octanol–water partition coefficient (Wildman–Crippen LogP) is 5.17. The number of thiazole rings is 1. The third-order valence-corrected chi connectivity index (χ3v) is 9.01. The van der Waals surface area contributed by atoms with E-state index in [0.717, 1.165) is 23.8 Å². The fourth-order valence-electron chi connectivity index (χ4n) is 4.61. The van der Waals surface area contributed by atoms with Crippen molar-refractivity contribution >= 4 is 74.3 Å². The lowest BCUT2D eigenvalue weighted by molar-refractivity contribution is -0.138. The van der Waals surface area contributed by atoms with E-state index in [1.807, 2.05) is 72.8 Å². The molecule has 2 heterocycles. The van der Waals surface area contributed by atoms with Crippen LogP contribution in [0.1, 0.15) is 29.7 Å². The van der Waals surface area contributed by atoms with Crippen LogP contribution >= 0.6 is 56.5 Å². The van der Waals surface area contributed by atoms with Crippen molar-refractivity contribution in [2.75, 3.05) is 20.3 Å². The Morgan fingerprint density at radius 2 is 1.81 bits per heavy atom. The zero-order chi connectivity index (χ0) is 29.8. The van der Waals surface area contributed by atoms with Gasteiger partial charge in [-0.3, -0.25) is 9.36 Å². The summed E-state index contributed by atoms with van der Waals surface area (Å²) < 4.78 is 20.4. The van der Waals surface area contributed by atoms with Gasteiger partial charge in [0.2, 0.25) is 0 Å². The van der Waals surface area contributed by atoms with Gasteiger partial charge >= 0.3 is 5.97 Å². The first-order valence-electron chi connectivity index (χ1n) is 12.8. The monoisotopic (exact) mass is 802 g/mol. The van der Waals surface area contributed by atoms with Crippen molar-refractivity contribution < 1.29 is 19.0 Å². The van der Waals surface area contributed by atoms with Gasteiger partial charge in [0.25, 0.3) is 5.56 Å². The lowest BCUT2D eigenvalue weighted by atomic mass is 9.93. The molecule has 7 nitrogen and oxygen atoms in total. The van der Waals surface area contributed by atoms with Gasteiger partial charge in [-0.15, -0.1) is 6.42 Å². The second-order valence-corrected chi connectivity index (χ2v) is 12.3. The standard InChI is InChI=1S/C32H24I2N2O5S/c1-4-15-41-29-23(33)16-19(17-24(29)34)18-25-30(37)36-28(21-11-13-22(39-3)14-12-21)26(31(38)40-5-2)27(35-32(36)42-25)20-9-7-6-8-10-20/h1,6-14,16-18,28H,5,15H2,2-3H3/b25-18-/t28-/m0/s1. The molecule has 212 valence electrons. The first-order valence-corrected chi connectivity index (χ1v) is 15.8. The van der Waals surface area contributed by atoms with E-state index < -0.39 is 12.0 Å². The summed E-state index contributed by atoms with van der Waals surface area (Å²) in [6.07, 6.45) is 7.20. The number of rotatable bonds is 8. The Hall–Kier alpha value is -3.41. The molecule has 1 atom stereocenters. The third-order valence-electron chi connectivity index (χ3n) is 6.42. The average Bonchev–Trinajstić information content (AvgIpc) is 3.30. The molecule has 0 aliphatic carbocycles. The molecule has 0 saturated carbocycles. The van der Waals surface area contributed by atoms with Crippen LogP contribution in [0.3, 0.4) is 0 Å². The molecule has 3 aromatic carbocycles. The van der Waals surface area contributed by atoms with E-state index in [2.05, 4.69) is 51.1 Å². The Morgan fingerprint density at radius 1 is 1.12 bits per heavy atom. The summed E-state index contributed by atoms with van der Waals surface area (Å²) in [7, 11) is 1.59. The van der Waals surface area contributed by atoms with Crippen molar-refractivity contribution in [3.63, 3.8) is 0 Å². The van der Waals surface area contributed by atoms with Gasteiger partial charge in [0, 0.05) is 5.56 Å². The first kappa shape index (κ1) is 30.1. The summed E-state index contributed by atoms with van der Waals surface area (Å²) in [6, 6.07) is 19.9. The van der Waals surface area contributed by atoms with Crippen LogP contribution in [0.2, 0.25) is 0 Å². The number of carbonyl (C=O) groups excluding carboxylic acids is 1. The van der Waals surface area contributed by atoms with Crippen molar-refractivity contribution in [3.8, 4) is 23.8 Å². The highest BCUT2D eigenvalue weighted by atomic mass is 127. The second-order valence-electron chi connectivity index (χ2n) is 9.01. The number of nitrogens with zero attached hydrogens (tertiary/aromatic N) is 2. The molecule has 4 aromatic rings. The van der Waals surface area contributed by atoms with Crippen molar-refractivity contribution in [3.05, 3.63) is 116 Å². The SMILES string of the molecule is C#CCOc1c(I)cc(/C=c2\sc3n(c2=O)[C@@H](c2ccc(OC)cc2)C(C(=O)OCC)=C(c2ccccc2)N=3)cc1I. The fraction of sp³-hybridized carbons (Fsp3) is 0.156. The molecular formula is C32H24I2N2O5S. The Balaban J connectivity index is 1.76. The number of halogens is 2. The topological polar surface area (TPSA) is 79.1 Å². The molecule has 0 fully saturated rings. The van der Waals surface area contributed by atoms with Crippen molar-refractivity contribution in [2.45, 2.75) is 13.0 Å². The number of methoxy groups -OCH3 is 1. The highest BCUT2D eigenvalue weighted by Crippen LogP contribution is 2.36. The third kappa shape index (κ3) is 6.04. The van der Waals surface area contributed by atoms with Crippen LogP contribution in [0, 0.1) is 19.5 Å². The van der Waals surface area contributed by atoms with Gasteiger partial charge in [0.15, 0.2) is 4.80 Å². The summed E-state index contributed by atoms with van der Waals surface area (Å²) >= 11 is 5.67. The molecule has 0 amide bonds. The largest absolute Gasteiger partial charge is 0.497 e. The zero-order valence-electron chi connectivity index (χ0n) is 22.6. The summed E-state index contributed by atoms with van der Waals surface area (Å²) in [5, 5.41) is 0. The van der Waals surface area contributed by atoms with E-state index in [9.17, 15) is 9.59 Å². The quantitative estimate of drug-likeness (QED) is 0.140. The van der Waals surface area contributed by atoms with Gasteiger partial charge in [-0.1, -0.05) is 59.7 Å². The predicted molar refractivity (Wildman–Crippen MR) is 180 cm³/mol. The van der Waals surface area contributed by atoms with Crippen molar-refractivity contribution in [2.24, 2.45) is 4.99 Å². The van der Waals surface area contributed by atoms with Crippen LogP contribution in [0.4, 0.5) is 0 Å². The number of ether oxygens (including phenoxy) is 3. The van der Waals surface area contributed by atoms with Crippen LogP contribution in [0.25, 0.3) is 11.8 Å². The minimum atomic E-state index is -0.761. The highest BCUT2D eigenvalue weighted by Gasteiger charge is 2.35. The van der Waals surface area contributed by atoms with Gasteiger partial charge in [-0.05, 0) is 93.6 Å². The Bertz CT molecular complexity index is 1880. The summed E-state index contributed by atoms with van der Waals surface area (Å²) in [4.78, 5) is 33.1. The number of hydrogen-bond acceptors (Lipinski definition) is 7. The van der Waals surface area contributed by atoms with Crippen molar-refractivity contribution in [1.29, 1.82) is 0 Å². The number of carbonyl (C=O) groups is 1. The molecule has 10 heteroatoms. The number of fused-ring (bicyclic) bond motifs is 1. The van der Waals surface area contributed by atoms with E-state index in [1.54, 1.807) is 18.6 Å². The van der Waals surface area contributed by atoms with Gasteiger partial charge in [-0.25, -0.2) is 9.79 Å². The van der Waals surface area contributed by atoms with Crippen LogP contribution in [-0.4, -0.2) is 30.9 Å². The average molecular weight is 802 g/mol. The van der Waals surface area contributed by atoms with Crippen LogP contribution in [0.15, 0.2) is 82.1 Å². The van der Waals surface area contributed by atoms with Crippen LogP contribution < -0.4 is 24.4 Å². The molecule has 0 bridgehead atoms. The number of hydrogen-bond donors (Lipinski definition) is 0. The molecule has 0 radical (unpaired) electrons. The van der Waals surface area contributed by atoms with E-state index in [4.69, 9.17) is 25.6 Å². The van der Waals surface area contributed by atoms with Gasteiger partial charge in [0.05, 0.1) is 42.7 Å². The summed E-state index contributed by atoms with van der Waals surface area (Å²) in [6.45, 7) is 2.11. The zero-order valence-corrected chi connectivity index (χ0v) is 27.7. The number of benzene rings is 3. The molecule has 1 aliphatic heterocycles. The maximum atomic E-state index is 14.1. The lowest BCUT2D eigenvalue weighted by Crippen LogP contribution is -2.40. The molecule has 5 rings (SSSR count). The molecule has 1 aromatic heterocycles. The number of aromatic nitrogens is 1. The van der Waals surface area contributed by atoms with E-state index in [-0.39, 0.29) is 18.8 Å². The van der Waals surface area contributed by atoms with Crippen LogP contribution in [-0.2, 0) is 9.53 Å². The molecule has 42 heavy (non-hydrogen) atoms. The Morgan fingerprint density at radius 3 is 2.43 bits per heavy atom. The number of esters is 1. The highest BCUT2D eigenvalue weighted by molar-refractivity contribution is 14.1. The van der Waals surface area contributed by atoms with E-state index in [0.29, 0.717) is 32.1 Å². The summed E-state index contributed by atoms with van der Waals surface area (Å²) in [5.41, 5.74) is 2.83. The van der Waals surface area contributed by atoms with Gasteiger partial charge < -0.3 is 14.2 Å². The minimum Gasteiger partial charge on any atom is -0.497 e. The molecular weight excluding hydrogens is 778 g/mol. The van der Waals surface area contributed by atoms with E-state index in [1.165, 1.54) is 11.3 Å². The molecule has 0 saturated heterocycles. The molecule has 0 spiro atoms. The maximum Gasteiger partial charge on any atom is 0.338 e. The van der Waals surface area contributed by atoms with E-state index >= 15 is 0 Å². The first-order chi connectivity index (χ1) is 20.4. The second kappa shape index (κ2) is 13.3. The number of terminal acetylenes is 1. The maximum absolute atomic E-state index is 14.1. The Labute approximate surface area is 273 Å². The smallest absolute Gasteiger partial charge is 0.338 e. The van der Waals surface area contributed by atoms with Crippen LogP contribution in [0.5, 0.6) is 11.5 Å². The van der Waals surface area contributed by atoms with Crippen molar-refractivity contribution in [1.82, 2.24) is 4.57 Å². The molecule has 0 N–H and O–H groups in total. The minimum absolute atomic E-state index is 0.169. The normalized spacial score (nSPS) is 14.5. The lowest BCUT2D eigenvalue weighted by Gasteiger charge is -2.26. The Kier molecular flexibility index (Phi) is 9.50. The van der Waals surface area contributed by atoms with Gasteiger partial charge in [-0.2, -0.15) is 0 Å². The fourth-order valence-corrected chi connectivity index (χ4v) is 7.74. The molecule has 1 aliphatic rings. The van der Waals surface area contributed by atoms with Gasteiger partial charge in [0.1, 0.15) is 18.1 Å². The molecule has 0 unspecified atom stereocenters. The summed E-state index contributed by atoms with van der Waals surface area (Å²) in [5.74, 6) is 3.33.